The summed E-state index contributed by atoms with van der Waals surface area (Å²) >= 11 is 5.31. The van der Waals surface area contributed by atoms with Crippen molar-refractivity contribution >= 4 is 34.9 Å². The molecule has 1 aromatic rings. The van der Waals surface area contributed by atoms with E-state index in [9.17, 15) is 9.59 Å². The Hall–Kier alpha value is -1.95. The van der Waals surface area contributed by atoms with Gasteiger partial charge < -0.3 is 10.4 Å². The second-order valence-electron chi connectivity index (χ2n) is 5.60. The van der Waals surface area contributed by atoms with Gasteiger partial charge in [-0.3, -0.25) is 14.5 Å². The van der Waals surface area contributed by atoms with E-state index < -0.39 is 11.5 Å². The molecule has 110 valence electrons. The zero-order valence-corrected chi connectivity index (χ0v) is 12.2. The van der Waals surface area contributed by atoms with Crippen LogP contribution in [0.5, 0.6) is 0 Å². The van der Waals surface area contributed by atoms with Gasteiger partial charge in [0, 0.05) is 0 Å². The summed E-state index contributed by atoms with van der Waals surface area (Å²) < 4.78 is 0. The molecular formula is C15H16N2O3S. The van der Waals surface area contributed by atoms with Crippen LogP contribution in [0.3, 0.4) is 0 Å². The molecule has 2 N–H and O–H groups in total. The molecule has 0 unspecified atom stereocenters. The lowest BCUT2D eigenvalue weighted by atomic mass is 9.76. The van der Waals surface area contributed by atoms with Crippen molar-refractivity contribution in [2.24, 2.45) is 5.92 Å². The predicted octanol–water partition coefficient (Wildman–Crippen LogP) is 1.92. The predicted molar refractivity (Wildman–Crippen MR) is 82.0 cm³/mol. The highest BCUT2D eigenvalue weighted by Gasteiger charge is 2.51. The monoisotopic (exact) mass is 304 g/mol. The number of para-hydroxylation sites is 1. The van der Waals surface area contributed by atoms with Crippen LogP contribution < -0.4 is 10.2 Å². The Labute approximate surface area is 127 Å². The molecule has 5 nitrogen and oxygen atoms in total. The van der Waals surface area contributed by atoms with E-state index in [0.717, 1.165) is 5.69 Å². The molecule has 1 aliphatic carbocycles. The fourth-order valence-electron chi connectivity index (χ4n) is 3.13. The van der Waals surface area contributed by atoms with E-state index in [1.165, 1.54) is 4.90 Å². The van der Waals surface area contributed by atoms with E-state index in [2.05, 4.69) is 5.32 Å². The third-order valence-corrected chi connectivity index (χ3v) is 4.65. The number of carbonyl (C=O) groups excluding carboxylic acids is 1. The third-order valence-electron chi connectivity index (χ3n) is 4.36. The number of amides is 1. The molecule has 1 aromatic carbocycles. The van der Waals surface area contributed by atoms with Crippen LogP contribution in [-0.4, -0.2) is 27.6 Å². The summed E-state index contributed by atoms with van der Waals surface area (Å²) in [5.74, 6) is -1.20. The maximum atomic E-state index is 12.8. The van der Waals surface area contributed by atoms with E-state index in [0.29, 0.717) is 30.8 Å². The molecule has 2 aliphatic rings. The van der Waals surface area contributed by atoms with Gasteiger partial charge in [0.15, 0.2) is 5.11 Å². The van der Waals surface area contributed by atoms with Crippen molar-refractivity contribution in [1.82, 2.24) is 5.32 Å². The number of anilines is 1. The summed E-state index contributed by atoms with van der Waals surface area (Å²) in [5, 5.41) is 12.6. The highest BCUT2D eigenvalue weighted by atomic mass is 32.1. The average Bonchev–Trinajstić information content (AvgIpc) is 2.71. The molecule has 3 rings (SSSR count). The van der Waals surface area contributed by atoms with Crippen LogP contribution in [0.25, 0.3) is 0 Å². The molecule has 1 heterocycles. The zero-order valence-electron chi connectivity index (χ0n) is 11.4. The summed E-state index contributed by atoms with van der Waals surface area (Å²) in [6.45, 7) is 0. The van der Waals surface area contributed by atoms with Crippen molar-refractivity contribution in [3.05, 3.63) is 30.3 Å². The van der Waals surface area contributed by atoms with Gasteiger partial charge in [0.2, 0.25) is 0 Å². The summed E-state index contributed by atoms with van der Waals surface area (Å²) in [5.41, 5.74) is 0.0241. The van der Waals surface area contributed by atoms with Gasteiger partial charge in [0.25, 0.3) is 5.91 Å². The smallest absolute Gasteiger partial charge is 0.306 e. The highest BCUT2D eigenvalue weighted by molar-refractivity contribution is 7.80. The summed E-state index contributed by atoms with van der Waals surface area (Å²) in [6.07, 6.45) is 2.01. The van der Waals surface area contributed by atoms with Crippen LogP contribution in [-0.2, 0) is 9.59 Å². The largest absolute Gasteiger partial charge is 0.481 e. The Morgan fingerprint density at radius 2 is 1.90 bits per heavy atom. The Kier molecular flexibility index (Phi) is 3.41. The molecule has 2 fully saturated rings. The number of benzene rings is 1. The molecule has 1 amide bonds. The number of nitrogens with one attached hydrogen (secondary N) is 1. The number of rotatable bonds is 2. The Bertz CT molecular complexity index is 594. The minimum atomic E-state index is -0.780. The Balaban J connectivity index is 1.83. The van der Waals surface area contributed by atoms with E-state index in [-0.39, 0.29) is 11.8 Å². The molecule has 21 heavy (non-hydrogen) atoms. The number of hydrogen-bond donors (Lipinski definition) is 2. The van der Waals surface area contributed by atoms with Crippen LogP contribution in [0.1, 0.15) is 25.7 Å². The van der Waals surface area contributed by atoms with Crippen LogP contribution in [0, 0.1) is 5.92 Å². The average molecular weight is 304 g/mol. The van der Waals surface area contributed by atoms with E-state index in [1.807, 2.05) is 30.3 Å². The molecule has 1 saturated carbocycles. The number of thiocarbonyl (C=S) groups is 1. The maximum Gasteiger partial charge on any atom is 0.306 e. The first kappa shape index (κ1) is 14.0. The van der Waals surface area contributed by atoms with Crippen molar-refractivity contribution in [3.8, 4) is 0 Å². The number of carboxylic acids is 1. The number of hydrogen-bond acceptors (Lipinski definition) is 3. The molecule has 0 aromatic heterocycles. The molecule has 0 bridgehead atoms. The lowest BCUT2D eigenvalue weighted by Gasteiger charge is -2.33. The van der Waals surface area contributed by atoms with Gasteiger partial charge >= 0.3 is 5.97 Å². The first-order valence-corrected chi connectivity index (χ1v) is 7.39. The minimum absolute atomic E-state index is 0.0671. The number of aliphatic carboxylic acids is 1. The normalized spacial score (nSPS) is 28.8. The van der Waals surface area contributed by atoms with Gasteiger partial charge in [0.05, 0.1) is 11.6 Å². The van der Waals surface area contributed by atoms with Crippen LogP contribution >= 0.6 is 12.2 Å². The third kappa shape index (κ3) is 2.29. The second kappa shape index (κ2) is 5.11. The number of carboxylic acid groups (broad SMARTS) is 1. The van der Waals surface area contributed by atoms with Crippen LogP contribution in [0.2, 0.25) is 0 Å². The van der Waals surface area contributed by atoms with Crippen LogP contribution in [0.4, 0.5) is 5.69 Å². The van der Waals surface area contributed by atoms with Gasteiger partial charge in [-0.2, -0.15) is 0 Å². The van der Waals surface area contributed by atoms with Gasteiger partial charge in [0.1, 0.15) is 5.54 Å². The van der Waals surface area contributed by atoms with Gasteiger partial charge in [-0.15, -0.1) is 0 Å². The SMILES string of the molecule is O=C(O)C1CCC2(CC1)NC(=S)N(c1ccccc1)C2=O. The highest BCUT2D eigenvalue weighted by Crippen LogP contribution is 2.38. The first-order valence-electron chi connectivity index (χ1n) is 6.98. The van der Waals surface area contributed by atoms with Crippen molar-refractivity contribution in [1.29, 1.82) is 0 Å². The molecule has 1 aliphatic heterocycles. The first-order chi connectivity index (χ1) is 10.0. The Morgan fingerprint density at radius 1 is 1.29 bits per heavy atom. The molecule has 0 radical (unpaired) electrons. The van der Waals surface area contributed by atoms with Crippen molar-refractivity contribution in [3.63, 3.8) is 0 Å². The molecule has 6 heteroatoms. The lowest BCUT2D eigenvalue weighted by molar-refractivity contribution is -0.144. The van der Waals surface area contributed by atoms with Gasteiger partial charge in [-0.1, -0.05) is 18.2 Å². The fraction of sp³-hybridized carbons (Fsp3) is 0.400. The van der Waals surface area contributed by atoms with Crippen LogP contribution in [0.15, 0.2) is 30.3 Å². The molecule has 1 spiro atoms. The summed E-state index contributed by atoms with van der Waals surface area (Å²) in [7, 11) is 0. The fourth-order valence-corrected chi connectivity index (χ4v) is 3.51. The standard InChI is InChI=1S/C15H16N2O3S/c18-12(19)10-6-8-15(9-7-10)13(20)17(14(21)16-15)11-4-2-1-3-5-11/h1-5,10H,6-9H2,(H,16,21)(H,18,19). The van der Waals surface area contributed by atoms with Gasteiger partial charge in [-0.25, -0.2) is 0 Å². The quantitative estimate of drug-likeness (QED) is 0.817. The van der Waals surface area contributed by atoms with Crippen molar-refractivity contribution < 1.29 is 14.7 Å². The maximum absolute atomic E-state index is 12.8. The minimum Gasteiger partial charge on any atom is -0.481 e. The van der Waals surface area contributed by atoms with Crippen molar-refractivity contribution in [2.45, 2.75) is 31.2 Å². The molecular weight excluding hydrogens is 288 g/mol. The summed E-state index contributed by atoms with van der Waals surface area (Å²) in [6, 6.07) is 9.28. The molecule has 0 atom stereocenters. The van der Waals surface area contributed by atoms with Crippen molar-refractivity contribution in [2.75, 3.05) is 4.90 Å². The van der Waals surface area contributed by atoms with Gasteiger partial charge in [-0.05, 0) is 50.0 Å². The lowest BCUT2D eigenvalue weighted by Crippen LogP contribution is -2.50. The second-order valence-corrected chi connectivity index (χ2v) is 5.99. The zero-order chi connectivity index (χ0) is 15.0. The number of nitrogens with zero attached hydrogens (tertiary/aromatic N) is 1. The van der Waals surface area contributed by atoms with E-state index in [4.69, 9.17) is 17.3 Å². The topological polar surface area (TPSA) is 69.6 Å². The van der Waals surface area contributed by atoms with E-state index >= 15 is 0 Å². The van der Waals surface area contributed by atoms with E-state index in [1.54, 1.807) is 0 Å². The Morgan fingerprint density at radius 3 is 2.48 bits per heavy atom. The summed E-state index contributed by atoms with van der Waals surface area (Å²) in [4.78, 5) is 25.4. The molecule has 1 saturated heterocycles. The number of carbonyl (C=O) groups is 2.